The highest BCUT2D eigenvalue weighted by Gasteiger charge is 2.17. The Morgan fingerprint density at radius 2 is 0.974 bits per heavy atom. The molecule has 1 N–H and O–H groups in total. The fourth-order valence-electron chi connectivity index (χ4n) is 3.87. The summed E-state index contributed by atoms with van der Waals surface area (Å²) in [5, 5.41) is 8.51. The van der Waals surface area contributed by atoms with Gasteiger partial charge in [-0.3, -0.25) is 19.2 Å². The smallest absolute Gasteiger partial charge is 0.306 e. The number of hydrogen-bond acceptors (Lipinski definition) is 5. The van der Waals surface area contributed by atoms with Crippen molar-refractivity contribution >= 4 is 23.5 Å². The Morgan fingerprint density at radius 1 is 0.632 bits per heavy atom. The first-order valence-electron chi connectivity index (χ1n) is 13.2. The van der Waals surface area contributed by atoms with E-state index in [1.54, 1.807) is 0 Å². The van der Waals surface area contributed by atoms with E-state index in [1.165, 1.54) is 11.1 Å². The van der Waals surface area contributed by atoms with Crippen molar-refractivity contribution in [2.24, 2.45) is 0 Å². The summed E-state index contributed by atoms with van der Waals surface area (Å²) in [4.78, 5) is 46.0. The van der Waals surface area contributed by atoms with Crippen LogP contribution in [0, 0.1) is 41.5 Å². The van der Waals surface area contributed by atoms with Crippen LogP contribution in [0.15, 0.2) is 24.3 Å². The normalized spacial score (nSPS) is 10.9. The number of ketones is 2. The van der Waals surface area contributed by atoms with Crippen molar-refractivity contribution in [3.8, 4) is 0 Å². The number of benzene rings is 2. The Balaban J connectivity index is 0.000000389. The average Bonchev–Trinajstić information content (AvgIpc) is 2.79. The Hall–Kier alpha value is -3.28. The van der Waals surface area contributed by atoms with Crippen LogP contribution >= 0.6 is 0 Å². The first kappa shape index (κ1) is 32.7. The third kappa shape index (κ3) is 11.4. The number of carboxylic acids is 1. The summed E-state index contributed by atoms with van der Waals surface area (Å²) in [7, 11) is 0. The van der Waals surface area contributed by atoms with Crippen molar-refractivity contribution in [1.29, 1.82) is 0 Å². The molecule has 0 radical (unpaired) electrons. The lowest BCUT2D eigenvalue weighted by molar-refractivity contribution is -0.154. The number of ether oxygens (including phenoxy) is 1. The third-order valence-corrected chi connectivity index (χ3v) is 6.50. The number of carbonyl (C=O) groups excluding carboxylic acids is 3. The zero-order chi connectivity index (χ0) is 29.2. The Bertz CT molecular complexity index is 1120. The number of esters is 1. The van der Waals surface area contributed by atoms with Crippen LogP contribution in [0.25, 0.3) is 0 Å². The number of Topliss-reactive ketones (excluding diaryl/α,β-unsaturated/α-hetero) is 2. The van der Waals surface area contributed by atoms with Crippen molar-refractivity contribution in [2.75, 3.05) is 0 Å². The van der Waals surface area contributed by atoms with Crippen LogP contribution in [-0.2, 0) is 14.3 Å². The zero-order valence-corrected chi connectivity index (χ0v) is 24.5. The van der Waals surface area contributed by atoms with Crippen LogP contribution in [0.2, 0.25) is 0 Å². The molecule has 208 valence electrons. The van der Waals surface area contributed by atoms with Gasteiger partial charge in [0.2, 0.25) is 0 Å². The molecule has 0 atom stereocenters. The monoisotopic (exact) mass is 524 g/mol. The van der Waals surface area contributed by atoms with Gasteiger partial charge in [0.25, 0.3) is 0 Å². The van der Waals surface area contributed by atoms with Crippen LogP contribution in [0.4, 0.5) is 0 Å². The van der Waals surface area contributed by atoms with Gasteiger partial charge in [0.15, 0.2) is 11.6 Å². The van der Waals surface area contributed by atoms with Crippen molar-refractivity contribution in [1.82, 2.24) is 0 Å². The van der Waals surface area contributed by atoms with Gasteiger partial charge in [-0.05, 0) is 133 Å². The quantitative estimate of drug-likeness (QED) is 0.258. The lowest BCUT2D eigenvalue weighted by Crippen LogP contribution is -2.23. The molecule has 0 fully saturated rings. The van der Waals surface area contributed by atoms with E-state index >= 15 is 0 Å². The first-order chi connectivity index (χ1) is 17.5. The molecule has 0 heterocycles. The molecular weight excluding hydrogens is 480 g/mol. The molecule has 0 saturated heterocycles. The Kier molecular flexibility index (Phi) is 12.6. The van der Waals surface area contributed by atoms with Gasteiger partial charge in [-0.2, -0.15) is 0 Å². The maximum Gasteiger partial charge on any atom is 0.306 e. The molecule has 0 saturated carbocycles. The molecule has 0 aliphatic rings. The number of hydrogen-bond donors (Lipinski definition) is 1. The van der Waals surface area contributed by atoms with E-state index < -0.39 is 11.6 Å². The zero-order valence-electron chi connectivity index (χ0n) is 24.5. The number of carbonyl (C=O) groups is 4. The van der Waals surface area contributed by atoms with Crippen LogP contribution in [0.5, 0.6) is 0 Å². The van der Waals surface area contributed by atoms with E-state index in [0.717, 1.165) is 27.8 Å². The fraction of sp³-hybridized carbons (Fsp3) is 0.500. The van der Waals surface area contributed by atoms with Crippen molar-refractivity contribution < 1.29 is 29.0 Å². The molecular formula is C32H44O6. The number of carboxylic acid groups (broad SMARTS) is 1. The molecule has 2 rings (SSSR count). The van der Waals surface area contributed by atoms with Crippen LogP contribution in [-0.4, -0.2) is 34.2 Å². The average molecular weight is 525 g/mol. The van der Waals surface area contributed by atoms with E-state index in [-0.39, 0.29) is 30.4 Å². The van der Waals surface area contributed by atoms with Gasteiger partial charge in [-0.15, -0.1) is 0 Å². The molecule has 2 aromatic carbocycles. The lowest BCUT2D eigenvalue weighted by Gasteiger charge is -2.19. The number of rotatable bonds is 10. The molecule has 0 aliphatic heterocycles. The predicted molar refractivity (Wildman–Crippen MR) is 151 cm³/mol. The maximum absolute atomic E-state index is 12.2. The van der Waals surface area contributed by atoms with Crippen LogP contribution < -0.4 is 0 Å². The predicted octanol–water partition coefficient (Wildman–Crippen LogP) is 7.36. The molecule has 6 heteroatoms. The third-order valence-electron chi connectivity index (χ3n) is 6.50. The summed E-state index contributed by atoms with van der Waals surface area (Å²) in [6.45, 7) is 17.6. The van der Waals surface area contributed by atoms with Crippen molar-refractivity contribution in [3.63, 3.8) is 0 Å². The Morgan fingerprint density at radius 3 is 1.29 bits per heavy atom. The summed E-state index contributed by atoms with van der Waals surface area (Å²) in [6.07, 6.45) is 1.94. The van der Waals surface area contributed by atoms with Crippen LogP contribution in [0.3, 0.4) is 0 Å². The summed E-state index contributed by atoms with van der Waals surface area (Å²) >= 11 is 0. The van der Waals surface area contributed by atoms with Crippen LogP contribution in [0.1, 0.15) is 113 Å². The van der Waals surface area contributed by atoms with E-state index in [1.807, 2.05) is 79.7 Å². The van der Waals surface area contributed by atoms with Gasteiger partial charge >= 0.3 is 11.9 Å². The van der Waals surface area contributed by atoms with Crippen molar-refractivity contribution in [3.05, 3.63) is 68.8 Å². The van der Waals surface area contributed by atoms with Gasteiger partial charge in [0, 0.05) is 36.8 Å². The Labute approximate surface area is 227 Å². The second-order valence-electron chi connectivity index (χ2n) is 11.0. The summed E-state index contributed by atoms with van der Waals surface area (Å²) in [5.74, 6) is -0.983. The summed E-state index contributed by atoms with van der Waals surface area (Å²) in [5.41, 5.74) is 7.85. The molecule has 0 amide bonds. The maximum atomic E-state index is 12.2. The van der Waals surface area contributed by atoms with E-state index in [0.29, 0.717) is 31.2 Å². The lowest BCUT2D eigenvalue weighted by atomic mass is 9.97. The molecule has 0 aromatic heterocycles. The summed E-state index contributed by atoms with van der Waals surface area (Å²) in [6, 6.07) is 7.62. The molecule has 38 heavy (non-hydrogen) atoms. The topological polar surface area (TPSA) is 97.7 Å². The molecule has 0 unspecified atom stereocenters. The number of aliphatic carboxylic acids is 1. The highest BCUT2D eigenvalue weighted by molar-refractivity contribution is 5.97. The van der Waals surface area contributed by atoms with Crippen molar-refractivity contribution in [2.45, 2.75) is 106 Å². The van der Waals surface area contributed by atoms with Gasteiger partial charge in [-0.25, -0.2) is 0 Å². The second kappa shape index (κ2) is 14.6. The standard InChI is InChI=1S/C18H26O3.C14H18O3/c1-12-10-15(11-13(2)14(12)3)16(19)8-7-9-17(20)21-18(4,5)6;1-9-7-12(8-10(2)11(9)3)13(15)5-4-6-14(16)17/h10-11H,7-9H2,1-6H3;7-8H,4-6H2,1-3H3,(H,16,17). The molecule has 0 spiro atoms. The molecule has 6 nitrogen and oxygen atoms in total. The largest absolute Gasteiger partial charge is 0.481 e. The minimum absolute atomic E-state index is 0.0254. The summed E-state index contributed by atoms with van der Waals surface area (Å²) < 4.78 is 5.23. The van der Waals surface area contributed by atoms with Gasteiger partial charge in [0.05, 0.1) is 0 Å². The minimum atomic E-state index is -0.853. The van der Waals surface area contributed by atoms with Gasteiger partial charge in [0.1, 0.15) is 5.60 Å². The number of aryl methyl sites for hydroxylation is 4. The molecule has 0 aliphatic carbocycles. The second-order valence-corrected chi connectivity index (χ2v) is 11.0. The van der Waals surface area contributed by atoms with Gasteiger partial charge in [-0.1, -0.05) is 0 Å². The first-order valence-corrected chi connectivity index (χ1v) is 13.2. The highest BCUT2D eigenvalue weighted by Crippen LogP contribution is 2.19. The molecule has 2 aromatic rings. The molecule has 0 bridgehead atoms. The van der Waals surface area contributed by atoms with Gasteiger partial charge < -0.3 is 9.84 Å². The minimum Gasteiger partial charge on any atom is -0.481 e. The fourth-order valence-corrected chi connectivity index (χ4v) is 3.87. The van der Waals surface area contributed by atoms with E-state index in [2.05, 4.69) is 6.92 Å². The SMILES string of the molecule is Cc1cc(C(=O)CCCC(=O)O)cc(C)c1C.Cc1cc(C(=O)CCCC(=O)OC(C)(C)C)cc(C)c1C. The van der Waals surface area contributed by atoms with E-state index in [4.69, 9.17) is 9.84 Å². The highest BCUT2D eigenvalue weighted by atomic mass is 16.6. The van der Waals surface area contributed by atoms with E-state index in [9.17, 15) is 19.2 Å².